The van der Waals surface area contributed by atoms with Crippen LogP contribution in [0.25, 0.3) is 9.88 Å². The van der Waals surface area contributed by atoms with Crippen LogP contribution < -0.4 is 11.1 Å². The first-order valence-corrected chi connectivity index (χ1v) is 8.32. The summed E-state index contributed by atoms with van der Waals surface area (Å²) in [6.45, 7) is 2.32. The van der Waals surface area contributed by atoms with E-state index in [2.05, 4.69) is 26.2 Å². The minimum atomic E-state index is -0.0397. The van der Waals surface area contributed by atoms with E-state index in [1.54, 1.807) is 22.7 Å². The fraction of sp³-hybridized carbons (Fsp3) is 0.333. The third kappa shape index (κ3) is 6.22. The topological polar surface area (TPSA) is 68.0 Å². The van der Waals surface area contributed by atoms with Crippen LogP contribution in [0.3, 0.4) is 0 Å². The first-order valence-electron chi connectivity index (χ1n) is 5.76. The predicted molar refractivity (Wildman–Crippen MR) is 98.0 cm³/mol. The van der Waals surface area contributed by atoms with Gasteiger partial charge in [-0.1, -0.05) is 0 Å². The molecule has 0 saturated carbocycles. The molecule has 2 heterocycles. The van der Waals surface area contributed by atoms with E-state index < -0.39 is 0 Å². The zero-order valence-corrected chi connectivity index (χ0v) is 16.0. The number of carbonyl (C=O) groups is 1. The van der Waals surface area contributed by atoms with Gasteiger partial charge in [0, 0.05) is 27.8 Å². The quantitative estimate of drug-likeness (QED) is 0.759. The number of hydrogen-bond acceptors (Lipinski definition) is 5. The molecule has 0 radical (unpaired) electrons. The fourth-order valence-electron chi connectivity index (χ4n) is 1.48. The maximum absolute atomic E-state index is 11.7. The van der Waals surface area contributed by atoms with Crippen molar-refractivity contribution < 1.29 is 4.79 Å². The van der Waals surface area contributed by atoms with Crippen LogP contribution >= 0.6 is 63.4 Å². The van der Waals surface area contributed by atoms with Crippen molar-refractivity contribution in [2.45, 2.75) is 19.4 Å². The molecule has 2 aromatic rings. The summed E-state index contributed by atoms with van der Waals surface area (Å²) < 4.78 is 1.05. The Hall–Kier alpha value is -0.180. The van der Waals surface area contributed by atoms with Gasteiger partial charge in [0.25, 0.3) is 0 Å². The van der Waals surface area contributed by atoms with E-state index in [1.807, 2.05) is 23.8 Å². The number of aromatic nitrogens is 1. The Morgan fingerprint density at radius 2 is 2.14 bits per heavy atom. The van der Waals surface area contributed by atoms with Crippen LogP contribution in [0.1, 0.15) is 12.6 Å². The molecule has 21 heavy (non-hydrogen) atoms. The molecule has 0 bridgehead atoms. The van der Waals surface area contributed by atoms with E-state index in [0.717, 1.165) is 20.1 Å². The molecular weight excluding hydrogens is 417 g/mol. The number of nitrogens with one attached hydrogen (secondary N) is 1. The maximum atomic E-state index is 11.7. The molecule has 1 amide bonds. The van der Waals surface area contributed by atoms with Gasteiger partial charge in [-0.25, -0.2) is 4.98 Å². The Balaban J connectivity index is 0.00000200. The van der Waals surface area contributed by atoms with Gasteiger partial charge in [-0.05, 0) is 28.9 Å². The molecule has 0 unspecified atom stereocenters. The van der Waals surface area contributed by atoms with E-state index in [-0.39, 0.29) is 36.8 Å². The lowest BCUT2D eigenvalue weighted by molar-refractivity contribution is -0.121. The molecule has 1 atom stereocenters. The third-order valence-electron chi connectivity index (χ3n) is 2.43. The predicted octanol–water partition coefficient (Wildman–Crippen LogP) is 3.48. The summed E-state index contributed by atoms with van der Waals surface area (Å²) in [7, 11) is 0. The Morgan fingerprint density at radius 3 is 2.71 bits per heavy atom. The Kier molecular flexibility index (Phi) is 9.68. The fourth-order valence-corrected chi connectivity index (χ4v) is 3.80. The van der Waals surface area contributed by atoms with Gasteiger partial charge in [-0.2, -0.15) is 0 Å². The highest BCUT2D eigenvalue weighted by molar-refractivity contribution is 9.10. The minimum absolute atomic E-state index is 0. The van der Waals surface area contributed by atoms with Crippen molar-refractivity contribution in [3.05, 3.63) is 27.0 Å². The third-order valence-corrected chi connectivity index (χ3v) is 5.18. The second-order valence-electron chi connectivity index (χ2n) is 4.15. The number of thiazole rings is 1. The average molecular weight is 433 g/mol. The van der Waals surface area contributed by atoms with Crippen molar-refractivity contribution in [3.63, 3.8) is 0 Å². The summed E-state index contributed by atoms with van der Waals surface area (Å²) in [5.41, 5.74) is 6.26. The SMILES string of the molecule is C[C@@H](CN)NC(=O)Cc1csc(-c2cc(Br)cs2)n1.Cl.Cl. The molecule has 2 rings (SSSR count). The van der Waals surface area contributed by atoms with Gasteiger partial charge < -0.3 is 11.1 Å². The molecule has 0 aliphatic rings. The number of nitrogens with two attached hydrogens (primary N) is 1. The van der Waals surface area contributed by atoms with Gasteiger partial charge in [0.1, 0.15) is 5.01 Å². The van der Waals surface area contributed by atoms with Crippen LogP contribution in [-0.2, 0) is 11.2 Å². The average Bonchev–Trinajstić information content (AvgIpc) is 2.97. The highest BCUT2D eigenvalue weighted by Crippen LogP contribution is 2.31. The van der Waals surface area contributed by atoms with Gasteiger partial charge in [-0.3, -0.25) is 4.79 Å². The Morgan fingerprint density at radius 1 is 1.43 bits per heavy atom. The molecule has 2 aromatic heterocycles. The second kappa shape index (κ2) is 9.76. The summed E-state index contributed by atoms with van der Waals surface area (Å²) >= 11 is 6.61. The molecule has 0 fully saturated rings. The first kappa shape index (κ1) is 20.8. The van der Waals surface area contributed by atoms with E-state index in [4.69, 9.17) is 5.73 Å². The summed E-state index contributed by atoms with van der Waals surface area (Å²) in [5, 5.41) is 7.72. The van der Waals surface area contributed by atoms with Crippen molar-refractivity contribution in [1.29, 1.82) is 0 Å². The van der Waals surface area contributed by atoms with Crippen LogP contribution in [0.5, 0.6) is 0 Å². The lowest BCUT2D eigenvalue weighted by Crippen LogP contribution is -2.38. The van der Waals surface area contributed by atoms with Crippen LogP contribution in [0.4, 0.5) is 0 Å². The molecule has 0 saturated heterocycles. The van der Waals surface area contributed by atoms with Gasteiger partial charge in [0.05, 0.1) is 17.0 Å². The maximum Gasteiger partial charge on any atom is 0.226 e. The first-order chi connectivity index (χ1) is 9.08. The summed E-state index contributed by atoms with van der Waals surface area (Å²) in [5.74, 6) is -0.0397. The Bertz CT molecular complexity index is 576. The van der Waals surface area contributed by atoms with E-state index in [9.17, 15) is 4.79 Å². The minimum Gasteiger partial charge on any atom is -0.352 e. The second-order valence-corrected chi connectivity index (χ2v) is 6.84. The van der Waals surface area contributed by atoms with E-state index in [1.165, 1.54) is 0 Å². The number of thiophene rings is 1. The van der Waals surface area contributed by atoms with Crippen molar-refractivity contribution in [2.75, 3.05) is 6.54 Å². The molecule has 0 aliphatic heterocycles. The van der Waals surface area contributed by atoms with Gasteiger partial charge in [-0.15, -0.1) is 47.5 Å². The van der Waals surface area contributed by atoms with Gasteiger partial charge >= 0.3 is 0 Å². The molecule has 9 heteroatoms. The molecule has 3 N–H and O–H groups in total. The molecule has 118 valence electrons. The number of carbonyl (C=O) groups excluding carboxylic acids is 1. The zero-order chi connectivity index (χ0) is 13.8. The molecule has 4 nitrogen and oxygen atoms in total. The van der Waals surface area contributed by atoms with Gasteiger partial charge in [0.2, 0.25) is 5.91 Å². The van der Waals surface area contributed by atoms with Crippen LogP contribution in [-0.4, -0.2) is 23.5 Å². The number of amides is 1. The summed E-state index contributed by atoms with van der Waals surface area (Å²) in [6.07, 6.45) is 0.299. The van der Waals surface area contributed by atoms with Crippen molar-refractivity contribution in [2.24, 2.45) is 5.73 Å². The lowest BCUT2D eigenvalue weighted by atomic mass is 10.3. The van der Waals surface area contributed by atoms with E-state index >= 15 is 0 Å². The molecular formula is C12H16BrCl2N3OS2. The number of halogens is 3. The normalized spacial score (nSPS) is 11.2. The molecule has 0 aromatic carbocycles. The molecule has 0 aliphatic carbocycles. The highest BCUT2D eigenvalue weighted by atomic mass is 79.9. The largest absolute Gasteiger partial charge is 0.352 e. The monoisotopic (exact) mass is 431 g/mol. The van der Waals surface area contributed by atoms with Crippen LogP contribution in [0.2, 0.25) is 0 Å². The van der Waals surface area contributed by atoms with Crippen molar-refractivity contribution in [1.82, 2.24) is 10.3 Å². The zero-order valence-electron chi connectivity index (χ0n) is 11.2. The lowest BCUT2D eigenvalue weighted by Gasteiger charge is -2.09. The number of hydrogen-bond donors (Lipinski definition) is 2. The summed E-state index contributed by atoms with van der Waals surface area (Å²) in [6, 6.07) is 2.03. The standard InChI is InChI=1S/C12H14BrN3OS2.2ClH/c1-7(4-14)15-11(17)3-9-6-19-12(16-9)10-2-8(13)5-18-10;;/h2,5-7H,3-4,14H2,1H3,(H,15,17);2*1H/t7-;;/m0../s1. The van der Waals surface area contributed by atoms with Gasteiger partial charge in [0.15, 0.2) is 0 Å². The van der Waals surface area contributed by atoms with E-state index in [0.29, 0.717) is 13.0 Å². The summed E-state index contributed by atoms with van der Waals surface area (Å²) in [4.78, 5) is 17.3. The number of rotatable bonds is 5. The Labute approximate surface area is 152 Å². The smallest absolute Gasteiger partial charge is 0.226 e. The van der Waals surface area contributed by atoms with Crippen molar-refractivity contribution >= 4 is 69.3 Å². The van der Waals surface area contributed by atoms with Crippen molar-refractivity contribution in [3.8, 4) is 9.88 Å². The van der Waals surface area contributed by atoms with Crippen LogP contribution in [0, 0.1) is 0 Å². The molecule has 0 spiro atoms. The number of nitrogens with zero attached hydrogens (tertiary/aromatic N) is 1. The highest BCUT2D eigenvalue weighted by Gasteiger charge is 2.11. The van der Waals surface area contributed by atoms with Crippen LogP contribution in [0.15, 0.2) is 21.3 Å².